The highest BCUT2D eigenvalue weighted by atomic mass is 16.6. The van der Waals surface area contributed by atoms with E-state index in [9.17, 15) is 14.4 Å². The van der Waals surface area contributed by atoms with Crippen molar-refractivity contribution in [3.8, 4) is 0 Å². The lowest BCUT2D eigenvalue weighted by atomic mass is 10.2. The van der Waals surface area contributed by atoms with E-state index in [1.807, 2.05) is 0 Å². The first kappa shape index (κ1) is 16.2. The van der Waals surface area contributed by atoms with Gasteiger partial charge < -0.3 is 25.9 Å². The number of rotatable bonds is 6. The molecule has 0 radical (unpaired) electrons. The number of alkyl carbamates (subject to hydrolysis) is 1. The number of hydrogen-bond donors (Lipinski definition) is 3. The Morgan fingerprint density at radius 1 is 1.39 bits per heavy atom. The van der Waals surface area contributed by atoms with Crippen LogP contribution < -0.4 is 16.4 Å². The highest BCUT2D eigenvalue weighted by Gasteiger charge is 2.18. The van der Waals surface area contributed by atoms with E-state index >= 15 is 0 Å². The summed E-state index contributed by atoms with van der Waals surface area (Å²) >= 11 is 0. The molecule has 0 aliphatic heterocycles. The number of nitrogens with two attached hydrogens (primary N) is 1. The van der Waals surface area contributed by atoms with E-state index in [1.54, 1.807) is 20.8 Å². The highest BCUT2D eigenvalue weighted by Crippen LogP contribution is 2.07. The molecular weight excluding hydrogens is 238 g/mol. The van der Waals surface area contributed by atoms with Gasteiger partial charge in [-0.15, -0.1) is 0 Å². The van der Waals surface area contributed by atoms with Gasteiger partial charge in [0.25, 0.3) is 0 Å². The van der Waals surface area contributed by atoms with Crippen LogP contribution in [-0.4, -0.2) is 36.6 Å². The van der Waals surface area contributed by atoms with Crippen LogP contribution in [0.3, 0.4) is 0 Å². The van der Waals surface area contributed by atoms with Crippen LogP contribution in [-0.2, 0) is 9.53 Å². The second-order valence-corrected chi connectivity index (χ2v) is 4.82. The summed E-state index contributed by atoms with van der Waals surface area (Å²) in [7, 11) is 0. The van der Waals surface area contributed by atoms with Crippen molar-refractivity contribution in [2.75, 3.05) is 6.54 Å². The zero-order valence-electron chi connectivity index (χ0n) is 11.0. The summed E-state index contributed by atoms with van der Waals surface area (Å²) in [6.45, 7) is 5.56. The molecule has 1 unspecified atom stereocenters. The van der Waals surface area contributed by atoms with E-state index in [0.717, 1.165) is 0 Å². The first-order valence-corrected chi connectivity index (χ1v) is 5.72. The molecule has 0 aromatic heterocycles. The normalized spacial score (nSPS) is 12.4. The van der Waals surface area contributed by atoms with Gasteiger partial charge in [0.05, 0.1) is 6.04 Å². The third kappa shape index (κ3) is 9.44. The fraction of sp³-hybridized carbons (Fsp3) is 0.727. The SMILES string of the molecule is CC(C)(C)OC(=O)NC(C=O)CCCNC(N)=O. The van der Waals surface area contributed by atoms with Gasteiger partial charge in [-0.1, -0.05) is 0 Å². The number of carbonyl (C=O) groups excluding carboxylic acids is 3. The van der Waals surface area contributed by atoms with Crippen LogP contribution >= 0.6 is 0 Å². The molecule has 0 bridgehead atoms. The minimum absolute atomic E-state index is 0.357. The second-order valence-electron chi connectivity index (χ2n) is 4.82. The molecule has 0 aromatic rings. The lowest BCUT2D eigenvalue weighted by Crippen LogP contribution is -2.40. The first-order chi connectivity index (χ1) is 8.24. The standard InChI is InChI=1S/C11H21N3O4/c1-11(2,3)18-10(17)14-8(7-15)5-4-6-13-9(12)16/h7-8H,4-6H2,1-3H3,(H,14,17)(H3,12,13,16). The summed E-state index contributed by atoms with van der Waals surface area (Å²) in [6, 6.07) is -1.24. The largest absolute Gasteiger partial charge is 0.444 e. The van der Waals surface area contributed by atoms with Crippen LogP contribution in [0, 0.1) is 0 Å². The van der Waals surface area contributed by atoms with Gasteiger partial charge in [-0.25, -0.2) is 9.59 Å². The van der Waals surface area contributed by atoms with Gasteiger partial charge >= 0.3 is 12.1 Å². The maximum atomic E-state index is 11.4. The average molecular weight is 259 g/mol. The van der Waals surface area contributed by atoms with Crippen LogP contribution in [0.5, 0.6) is 0 Å². The number of hydrogen-bond acceptors (Lipinski definition) is 4. The van der Waals surface area contributed by atoms with Gasteiger partial charge in [-0.05, 0) is 33.6 Å². The van der Waals surface area contributed by atoms with E-state index in [-0.39, 0.29) is 0 Å². The zero-order chi connectivity index (χ0) is 14.2. The Labute approximate surface area is 106 Å². The van der Waals surface area contributed by atoms with Crippen molar-refractivity contribution in [1.29, 1.82) is 0 Å². The zero-order valence-corrected chi connectivity index (χ0v) is 11.0. The fourth-order valence-electron chi connectivity index (χ4n) is 1.17. The molecule has 0 rings (SSSR count). The van der Waals surface area contributed by atoms with Crippen LogP contribution in [0.4, 0.5) is 9.59 Å². The molecule has 0 spiro atoms. The lowest BCUT2D eigenvalue weighted by molar-refractivity contribution is -0.109. The van der Waals surface area contributed by atoms with E-state index in [2.05, 4.69) is 10.6 Å². The molecule has 0 aromatic carbocycles. The minimum atomic E-state index is -0.637. The Kier molecular flexibility index (Phi) is 6.77. The van der Waals surface area contributed by atoms with Gasteiger partial charge in [0.2, 0.25) is 0 Å². The van der Waals surface area contributed by atoms with Crippen LogP contribution in [0.1, 0.15) is 33.6 Å². The summed E-state index contributed by atoms with van der Waals surface area (Å²) in [5, 5.41) is 4.83. The number of nitrogens with one attached hydrogen (secondary N) is 2. The smallest absolute Gasteiger partial charge is 0.408 e. The van der Waals surface area contributed by atoms with Crippen molar-refractivity contribution in [2.45, 2.75) is 45.3 Å². The maximum Gasteiger partial charge on any atom is 0.408 e. The van der Waals surface area contributed by atoms with Crippen molar-refractivity contribution in [1.82, 2.24) is 10.6 Å². The summed E-state index contributed by atoms with van der Waals surface area (Å²) < 4.78 is 5.02. The molecule has 104 valence electrons. The molecular formula is C11H21N3O4. The highest BCUT2D eigenvalue weighted by molar-refractivity contribution is 5.73. The molecule has 7 heteroatoms. The Morgan fingerprint density at radius 3 is 2.44 bits per heavy atom. The van der Waals surface area contributed by atoms with Gasteiger partial charge in [0.1, 0.15) is 11.9 Å². The predicted octanol–water partition coefficient (Wildman–Crippen LogP) is 0.527. The topological polar surface area (TPSA) is 111 Å². The minimum Gasteiger partial charge on any atom is -0.444 e. The number of carbonyl (C=O) groups is 3. The summed E-state index contributed by atoms with van der Waals surface area (Å²) in [5.74, 6) is 0. The lowest BCUT2D eigenvalue weighted by Gasteiger charge is -2.21. The molecule has 1 atom stereocenters. The summed E-state index contributed by atoms with van der Waals surface area (Å²) in [5.41, 5.74) is 4.28. The molecule has 3 amide bonds. The number of primary amides is 1. The third-order valence-corrected chi connectivity index (χ3v) is 1.86. The average Bonchev–Trinajstić information content (AvgIpc) is 2.19. The van der Waals surface area contributed by atoms with Gasteiger partial charge in [0.15, 0.2) is 0 Å². The van der Waals surface area contributed by atoms with Gasteiger partial charge in [-0.3, -0.25) is 0 Å². The monoisotopic (exact) mass is 259 g/mol. The molecule has 0 saturated heterocycles. The first-order valence-electron chi connectivity index (χ1n) is 5.72. The van der Waals surface area contributed by atoms with Crippen LogP contribution in [0.2, 0.25) is 0 Å². The Bertz CT molecular complexity index is 299. The number of urea groups is 1. The molecule has 0 heterocycles. The van der Waals surface area contributed by atoms with Crippen LogP contribution in [0.15, 0.2) is 0 Å². The molecule has 0 aliphatic carbocycles. The third-order valence-electron chi connectivity index (χ3n) is 1.86. The fourth-order valence-corrected chi connectivity index (χ4v) is 1.17. The van der Waals surface area contributed by atoms with Gasteiger partial charge in [-0.2, -0.15) is 0 Å². The Morgan fingerprint density at radius 2 is 2.00 bits per heavy atom. The van der Waals surface area contributed by atoms with Gasteiger partial charge in [0, 0.05) is 6.54 Å². The van der Waals surface area contributed by atoms with E-state index in [0.29, 0.717) is 25.7 Å². The molecule has 0 fully saturated rings. The quantitative estimate of drug-likeness (QED) is 0.477. The number of aldehydes is 1. The second kappa shape index (κ2) is 7.52. The Hall–Kier alpha value is -1.79. The number of amides is 3. The van der Waals surface area contributed by atoms with Crippen molar-refractivity contribution in [2.24, 2.45) is 5.73 Å². The molecule has 4 N–H and O–H groups in total. The summed E-state index contributed by atoms with van der Waals surface area (Å²) in [6.07, 6.45) is 0.932. The molecule has 0 saturated carbocycles. The number of ether oxygens (including phenoxy) is 1. The molecule has 7 nitrogen and oxygen atoms in total. The van der Waals surface area contributed by atoms with Crippen LogP contribution in [0.25, 0.3) is 0 Å². The molecule has 0 aliphatic rings. The maximum absolute atomic E-state index is 11.4. The van der Waals surface area contributed by atoms with Crippen molar-refractivity contribution >= 4 is 18.4 Å². The summed E-state index contributed by atoms with van der Waals surface area (Å²) in [4.78, 5) is 32.5. The Balaban J connectivity index is 3.93. The van der Waals surface area contributed by atoms with Crippen molar-refractivity contribution < 1.29 is 19.1 Å². The van der Waals surface area contributed by atoms with Crippen molar-refractivity contribution in [3.05, 3.63) is 0 Å². The van der Waals surface area contributed by atoms with E-state index in [4.69, 9.17) is 10.5 Å². The van der Waals surface area contributed by atoms with Crippen molar-refractivity contribution in [3.63, 3.8) is 0 Å². The molecule has 18 heavy (non-hydrogen) atoms. The van der Waals surface area contributed by atoms with E-state index in [1.165, 1.54) is 0 Å². The van der Waals surface area contributed by atoms with E-state index < -0.39 is 23.8 Å². The predicted molar refractivity (Wildman–Crippen MR) is 66.0 cm³/mol.